The fourth-order valence-corrected chi connectivity index (χ4v) is 4.25. The Hall–Kier alpha value is -2.78. The number of sulfonamides is 1. The minimum Gasteiger partial charge on any atom is -0.480 e. The molecule has 154 valence electrons. The molecule has 0 spiro atoms. The van der Waals surface area contributed by atoms with E-state index in [1.807, 2.05) is 11.1 Å². The minimum atomic E-state index is -3.99. The Labute approximate surface area is 170 Å². The molecule has 0 amide bonds. The van der Waals surface area contributed by atoms with E-state index in [-0.39, 0.29) is 11.3 Å². The van der Waals surface area contributed by atoms with E-state index in [9.17, 15) is 18.3 Å². The molecule has 9 heteroatoms. The van der Waals surface area contributed by atoms with Gasteiger partial charge in [-0.3, -0.25) is 9.80 Å². The van der Waals surface area contributed by atoms with Gasteiger partial charge in [-0.15, -0.1) is 5.11 Å². The van der Waals surface area contributed by atoms with Crippen LogP contribution in [0.3, 0.4) is 0 Å². The molecule has 0 saturated carbocycles. The predicted molar refractivity (Wildman–Crippen MR) is 108 cm³/mol. The number of aliphatic carboxylic acids is 1. The van der Waals surface area contributed by atoms with Gasteiger partial charge in [-0.25, -0.2) is 8.42 Å². The van der Waals surface area contributed by atoms with E-state index in [2.05, 4.69) is 15.1 Å². The number of nitrogens with one attached hydrogen (secondary N) is 1. The number of carboxylic acid groups (broad SMARTS) is 1. The number of carbonyl (C=O) groups is 1. The van der Waals surface area contributed by atoms with E-state index in [0.717, 1.165) is 31.5 Å². The minimum absolute atomic E-state index is 0.0197. The molecule has 8 nitrogen and oxygen atoms in total. The van der Waals surface area contributed by atoms with Crippen LogP contribution in [0.4, 0.5) is 5.69 Å². The second-order valence-corrected chi connectivity index (χ2v) is 8.61. The molecule has 0 bridgehead atoms. The van der Waals surface area contributed by atoms with Gasteiger partial charge in [0.2, 0.25) is 10.0 Å². The third kappa shape index (κ3) is 6.10. The molecule has 1 heterocycles. The van der Waals surface area contributed by atoms with Gasteiger partial charge in [-0.05, 0) is 55.5 Å². The lowest BCUT2D eigenvalue weighted by atomic mass is 10.1. The Morgan fingerprint density at radius 1 is 1.03 bits per heavy atom. The van der Waals surface area contributed by atoms with E-state index < -0.39 is 22.0 Å². The summed E-state index contributed by atoms with van der Waals surface area (Å²) in [6.07, 6.45) is 3.44. The highest BCUT2D eigenvalue weighted by Gasteiger charge is 2.25. The molecular weight excluding hydrogens is 392 g/mol. The summed E-state index contributed by atoms with van der Waals surface area (Å²) < 4.78 is 27.5. The Bertz CT molecular complexity index is 940. The summed E-state index contributed by atoms with van der Waals surface area (Å²) in [5.41, 5.74) is 1.27. The van der Waals surface area contributed by atoms with Crippen LogP contribution in [0.2, 0.25) is 0 Å². The van der Waals surface area contributed by atoms with Gasteiger partial charge in [0.1, 0.15) is 6.04 Å². The highest BCUT2D eigenvalue weighted by Crippen LogP contribution is 2.19. The molecule has 0 aromatic heterocycles. The van der Waals surface area contributed by atoms with Crippen molar-refractivity contribution < 1.29 is 18.3 Å². The largest absolute Gasteiger partial charge is 0.480 e. The van der Waals surface area contributed by atoms with E-state index >= 15 is 0 Å². The van der Waals surface area contributed by atoms with Gasteiger partial charge < -0.3 is 5.11 Å². The molecule has 3 rings (SSSR count). The number of rotatable bonds is 8. The molecular formula is C20H24N4O4S. The van der Waals surface area contributed by atoms with Gasteiger partial charge in [0.05, 0.1) is 10.6 Å². The van der Waals surface area contributed by atoms with Crippen molar-refractivity contribution in [1.29, 1.82) is 0 Å². The number of benzene rings is 2. The fourth-order valence-electron chi connectivity index (χ4n) is 3.06. The molecule has 2 aromatic carbocycles. The summed E-state index contributed by atoms with van der Waals surface area (Å²) in [5.74, 6) is -1.23. The topological polar surface area (TPSA) is 111 Å². The van der Waals surface area contributed by atoms with Crippen molar-refractivity contribution in [2.24, 2.45) is 10.3 Å². The molecule has 2 N–H and O–H groups in total. The molecule has 1 saturated heterocycles. The smallest absolute Gasteiger partial charge is 0.322 e. The first kappa shape index (κ1) is 20.9. The molecule has 0 aliphatic carbocycles. The summed E-state index contributed by atoms with van der Waals surface area (Å²) in [5, 5.41) is 19.6. The third-order valence-electron chi connectivity index (χ3n) is 4.64. The number of piperidine rings is 1. The molecule has 1 fully saturated rings. The zero-order valence-electron chi connectivity index (χ0n) is 15.9. The van der Waals surface area contributed by atoms with E-state index in [0.29, 0.717) is 5.69 Å². The lowest BCUT2D eigenvalue weighted by molar-refractivity contribution is -0.138. The van der Waals surface area contributed by atoms with Crippen molar-refractivity contribution in [3.8, 4) is 0 Å². The lowest BCUT2D eigenvalue weighted by Crippen LogP contribution is -2.42. The third-order valence-corrected chi connectivity index (χ3v) is 6.13. The highest BCUT2D eigenvalue weighted by molar-refractivity contribution is 7.89. The molecule has 2 aromatic rings. The van der Waals surface area contributed by atoms with Crippen LogP contribution >= 0.6 is 0 Å². The van der Waals surface area contributed by atoms with E-state index in [4.69, 9.17) is 0 Å². The standard InChI is InChI=1S/C20H24N4O4S/c25-20(26)19(15-16-7-3-1-4-8-16)22-29(27,28)18-11-9-17(10-12-18)21-23-24-13-5-2-6-14-24/h1,3-4,7-12,19,22H,2,5-6,13-15H2,(H,25,26)/t19-/m1/s1. The summed E-state index contributed by atoms with van der Waals surface area (Å²) >= 11 is 0. The van der Waals surface area contributed by atoms with E-state index in [1.54, 1.807) is 36.4 Å². The van der Waals surface area contributed by atoms with Crippen LogP contribution in [-0.2, 0) is 21.2 Å². The average Bonchev–Trinajstić information content (AvgIpc) is 2.73. The van der Waals surface area contributed by atoms with Gasteiger partial charge in [0, 0.05) is 13.1 Å². The van der Waals surface area contributed by atoms with Gasteiger partial charge >= 0.3 is 5.97 Å². The maximum Gasteiger partial charge on any atom is 0.322 e. The monoisotopic (exact) mass is 416 g/mol. The zero-order valence-corrected chi connectivity index (χ0v) is 16.8. The van der Waals surface area contributed by atoms with Crippen molar-refractivity contribution >= 4 is 21.7 Å². The van der Waals surface area contributed by atoms with Crippen molar-refractivity contribution in [3.63, 3.8) is 0 Å². The molecule has 29 heavy (non-hydrogen) atoms. The Balaban J connectivity index is 1.67. The zero-order chi connectivity index (χ0) is 20.7. The van der Waals surface area contributed by atoms with Crippen molar-refractivity contribution in [2.45, 2.75) is 36.6 Å². The first-order chi connectivity index (χ1) is 13.9. The SMILES string of the molecule is O=C(O)[C@@H](Cc1ccccc1)NS(=O)(=O)c1ccc(N=NN2CCCCC2)cc1. The molecule has 0 radical (unpaired) electrons. The first-order valence-electron chi connectivity index (χ1n) is 9.50. The Kier molecular flexibility index (Phi) is 6.95. The maximum atomic E-state index is 12.6. The van der Waals surface area contributed by atoms with Gasteiger partial charge in [-0.1, -0.05) is 35.6 Å². The highest BCUT2D eigenvalue weighted by atomic mass is 32.2. The number of hydrogen-bond acceptors (Lipinski definition) is 5. The Morgan fingerprint density at radius 3 is 2.31 bits per heavy atom. The van der Waals surface area contributed by atoms with Gasteiger partial charge in [0.25, 0.3) is 0 Å². The van der Waals surface area contributed by atoms with Gasteiger partial charge in [0.15, 0.2) is 0 Å². The lowest BCUT2D eigenvalue weighted by Gasteiger charge is -2.21. The van der Waals surface area contributed by atoms with Crippen LogP contribution in [-0.4, -0.2) is 43.6 Å². The number of carboxylic acids is 1. The first-order valence-corrected chi connectivity index (χ1v) is 11.0. The average molecular weight is 417 g/mol. The van der Waals surface area contributed by atoms with Crippen molar-refractivity contribution in [3.05, 3.63) is 60.2 Å². The van der Waals surface area contributed by atoms with Crippen LogP contribution in [0, 0.1) is 0 Å². The fraction of sp³-hybridized carbons (Fsp3) is 0.350. The molecule has 1 aliphatic heterocycles. The van der Waals surface area contributed by atoms with E-state index in [1.165, 1.54) is 18.6 Å². The normalized spacial score (nSPS) is 16.1. The van der Waals surface area contributed by atoms with Crippen LogP contribution in [0.1, 0.15) is 24.8 Å². The van der Waals surface area contributed by atoms with Gasteiger partial charge in [-0.2, -0.15) is 4.72 Å². The van der Waals surface area contributed by atoms with Crippen LogP contribution in [0.25, 0.3) is 0 Å². The summed E-state index contributed by atoms with van der Waals surface area (Å²) in [6.45, 7) is 1.75. The summed E-state index contributed by atoms with van der Waals surface area (Å²) in [7, 11) is -3.99. The Morgan fingerprint density at radius 2 is 1.69 bits per heavy atom. The molecule has 1 aliphatic rings. The van der Waals surface area contributed by atoms with Crippen LogP contribution in [0.15, 0.2) is 69.8 Å². The predicted octanol–water partition coefficient (Wildman–Crippen LogP) is 3.15. The number of hydrogen-bond donors (Lipinski definition) is 2. The summed E-state index contributed by atoms with van der Waals surface area (Å²) in [4.78, 5) is 11.5. The molecule has 1 atom stereocenters. The van der Waals surface area contributed by atoms with Crippen molar-refractivity contribution in [2.75, 3.05) is 13.1 Å². The number of nitrogens with zero attached hydrogens (tertiary/aromatic N) is 3. The van der Waals surface area contributed by atoms with Crippen molar-refractivity contribution in [1.82, 2.24) is 9.73 Å². The maximum absolute atomic E-state index is 12.6. The van der Waals surface area contributed by atoms with Crippen LogP contribution < -0.4 is 4.72 Å². The molecule has 0 unspecified atom stereocenters. The quantitative estimate of drug-likeness (QED) is 0.642. The van der Waals surface area contributed by atoms with Crippen LogP contribution in [0.5, 0.6) is 0 Å². The second-order valence-electron chi connectivity index (χ2n) is 6.90. The second kappa shape index (κ2) is 9.62. The summed E-state index contributed by atoms with van der Waals surface area (Å²) in [6, 6.07) is 13.5.